The van der Waals surface area contributed by atoms with Crippen molar-refractivity contribution in [3.63, 3.8) is 0 Å². The Morgan fingerprint density at radius 3 is 2.62 bits per heavy atom. The minimum absolute atomic E-state index is 0.00821. The summed E-state index contributed by atoms with van der Waals surface area (Å²) in [6.07, 6.45) is -2.05. The molecule has 160 valence electrons. The third-order valence-electron chi connectivity index (χ3n) is 4.79. The Morgan fingerprint density at radius 2 is 2.03 bits per heavy atom. The van der Waals surface area contributed by atoms with Gasteiger partial charge in [0, 0.05) is 31.3 Å². The molecule has 2 amide bonds. The van der Waals surface area contributed by atoms with Crippen LogP contribution >= 0.6 is 0 Å². The lowest BCUT2D eigenvalue weighted by atomic mass is 9.89. The van der Waals surface area contributed by atoms with Crippen molar-refractivity contribution in [1.82, 2.24) is 15.5 Å². The van der Waals surface area contributed by atoms with E-state index < -0.39 is 18.8 Å². The number of halogens is 3. The Morgan fingerprint density at radius 1 is 1.34 bits per heavy atom. The number of hydrogen-bond acceptors (Lipinski definition) is 5. The summed E-state index contributed by atoms with van der Waals surface area (Å²) in [5.41, 5.74) is 1.21. The maximum Gasteiger partial charge on any atom is 0.405 e. The standard InChI is InChI=1S/C19H26F3N5O2/c1-24-18(29)27(9-2-10-28)17(23)15-4-3-14(13-5-7-25-8-6-13)11-16(15)26-12-19(20,21)22/h3-4,10-11,13,23,25-26H,2,5-9,12H2,1H3,(H,24,29). The Bertz CT molecular complexity index is 733. The molecule has 1 fully saturated rings. The molecule has 0 radical (unpaired) electrons. The van der Waals surface area contributed by atoms with Gasteiger partial charge in [0.05, 0.1) is 0 Å². The van der Waals surface area contributed by atoms with Gasteiger partial charge in [0.25, 0.3) is 0 Å². The molecule has 1 aromatic rings. The highest BCUT2D eigenvalue weighted by molar-refractivity contribution is 6.09. The lowest BCUT2D eigenvalue weighted by molar-refractivity contribution is -0.115. The number of carbonyl (C=O) groups excluding carboxylic acids is 2. The highest BCUT2D eigenvalue weighted by Crippen LogP contribution is 2.30. The molecule has 0 aliphatic carbocycles. The van der Waals surface area contributed by atoms with Crippen LogP contribution in [0.5, 0.6) is 0 Å². The number of aldehydes is 1. The molecule has 2 rings (SSSR count). The molecule has 0 spiro atoms. The van der Waals surface area contributed by atoms with Crippen molar-refractivity contribution >= 4 is 23.8 Å². The van der Waals surface area contributed by atoms with E-state index in [0.717, 1.165) is 36.4 Å². The van der Waals surface area contributed by atoms with Gasteiger partial charge in [0.15, 0.2) is 0 Å². The van der Waals surface area contributed by atoms with Gasteiger partial charge in [0.1, 0.15) is 18.7 Å². The van der Waals surface area contributed by atoms with Crippen LogP contribution in [0.25, 0.3) is 0 Å². The Hall–Kier alpha value is -2.62. The van der Waals surface area contributed by atoms with E-state index >= 15 is 0 Å². The number of nitrogens with zero attached hydrogens (tertiary/aromatic N) is 1. The van der Waals surface area contributed by atoms with E-state index in [-0.39, 0.29) is 36.0 Å². The topological polar surface area (TPSA) is 97.3 Å². The number of anilines is 1. The van der Waals surface area contributed by atoms with Crippen LogP contribution in [0.2, 0.25) is 0 Å². The van der Waals surface area contributed by atoms with Crippen molar-refractivity contribution in [2.75, 3.05) is 38.5 Å². The van der Waals surface area contributed by atoms with Crippen LogP contribution in [0.15, 0.2) is 18.2 Å². The molecular formula is C19H26F3N5O2. The lowest BCUT2D eigenvalue weighted by Gasteiger charge is -2.27. The zero-order valence-corrected chi connectivity index (χ0v) is 16.2. The summed E-state index contributed by atoms with van der Waals surface area (Å²) in [5.74, 6) is -0.0521. The number of piperidine rings is 1. The molecule has 0 saturated carbocycles. The molecule has 1 aliphatic rings. The monoisotopic (exact) mass is 413 g/mol. The second-order valence-corrected chi connectivity index (χ2v) is 6.81. The van der Waals surface area contributed by atoms with Gasteiger partial charge in [-0.1, -0.05) is 6.07 Å². The average Bonchev–Trinajstić information content (AvgIpc) is 2.72. The van der Waals surface area contributed by atoms with E-state index in [9.17, 15) is 22.8 Å². The molecule has 1 aliphatic heterocycles. The van der Waals surface area contributed by atoms with E-state index in [1.165, 1.54) is 7.05 Å². The molecule has 0 unspecified atom stereocenters. The van der Waals surface area contributed by atoms with Gasteiger partial charge in [0.2, 0.25) is 0 Å². The van der Waals surface area contributed by atoms with Crippen molar-refractivity contribution in [1.29, 1.82) is 5.41 Å². The summed E-state index contributed by atoms with van der Waals surface area (Å²) in [4.78, 5) is 23.9. The fraction of sp³-hybridized carbons (Fsp3) is 0.526. The van der Waals surface area contributed by atoms with Crippen LogP contribution in [0.1, 0.15) is 36.3 Å². The molecule has 7 nitrogen and oxygen atoms in total. The number of nitrogens with one attached hydrogen (secondary N) is 4. The summed E-state index contributed by atoms with van der Waals surface area (Å²) in [6.45, 7) is 0.376. The summed E-state index contributed by atoms with van der Waals surface area (Å²) in [5, 5.41) is 16.4. The predicted octanol–water partition coefficient (Wildman–Crippen LogP) is 2.68. The normalized spacial score (nSPS) is 14.9. The van der Waals surface area contributed by atoms with Gasteiger partial charge in [-0.15, -0.1) is 0 Å². The number of alkyl halides is 3. The van der Waals surface area contributed by atoms with Crippen LogP contribution < -0.4 is 16.0 Å². The van der Waals surface area contributed by atoms with Gasteiger partial charge >= 0.3 is 12.2 Å². The second-order valence-electron chi connectivity index (χ2n) is 6.81. The van der Waals surface area contributed by atoms with Crippen molar-refractivity contribution in [3.05, 3.63) is 29.3 Å². The molecule has 10 heteroatoms. The first-order chi connectivity index (χ1) is 13.8. The van der Waals surface area contributed by atoms with E-state index in [1.807, 2.05) is 0 Å². The van der Waals surface area contributed by atoms with Crippen LogP contribution in [0.4, 0.5) is 23.7 Å². The molecule has 1 heterocycles. The molecule has 29 heavy (non-hydrogen) atoms. The minimum atomic E-state index is -4.43. The van der Waals surface area contributed by atoms with Gasteiger partial charge in [-0.25, -0.2) is 4.79 Å². The van der Waals surface area contributed by atoms with Crippen LogP contribution in [-0.2, 0) is 4.79 Å². The Kier molecular flexibility index (Phi) is 8.00. The van der Waals surface area contributed by atoms with Gasteiger partial charge in [-0.2, -0.15) is 13.2 Å². The number of urea groups is 1. The molecule has 0 atom stereocenters. The fourth-order valence-corrected chi connectivity index (χ4v) is 3.30. The first kappa shape index (κ1) is 22.7. The lowest BCUT2D eigenvalue weighted by Crippen LogP contribution is -2.43. The first-order valence-corrected chi connectivity index (χ1v) is 9.44. The molecular weight excluding hydrogens is 387 g/mol. The zero-order chi connectivity index (χ0) is 21.4. The van der Waals surface area contributed by atoms with Gasteiger partial charge in [-0.3, -0.25) is 10.3 Å². The maximum absolute atomic E-state index is 12.8. The number of hydrogen-bond donors (Lipinski definition) is 4. The van der Waals surface area contributed by atoms with Crippen LogP contribution in [0, 0.1) is 5.41 Å². The predicted molar refractivity (Wildman–Crippen MR) is 105 cm³/mol. The van der Waals surface area contributed by atoms with Crippen molar-refractivity contribution < 1.29 is 22.8 Å². The third-order valence-corrected chi connectivity index (χ3v) is 4.79. The van der Waals surface area contributed by atoms with Gasteiger partial charge in [-0.05, 0) is 49.5 Å². The highest BCUT2D eigenvalue weighted by atomic mass is 19.4. The number of amides is 2. The smallest absolute Gasteiger partial charge is 0.376 e. The molecule has 1 saturated heterocycles. The molecule has 1 aromatic carbocycles. The summed E-state index contributed by atoms with van der Waals surface area (Å²) < 4.78 is 38.4. The van der Waals surface area contributed by atoms with E-state index in [0.29, 0.717) is 6.29 Å². The van der Waals surface area contributed by atoms with Gasteiger partial charge < -0.3 is 20.7 Å². The number of carbonyl (C=O) groups is 2. The average molecular weight is 413 g/mol. The Balaban J connectivity index is 2.37. The number of benzene rings is 1. The number of amidine groups is 1. The van der Waals surface area contributed by atoms with Crippen molar-refractivity contribution in [2.24, 2.45) is 0 Å². The molecule has 0 aromatic heterocycles. The van der Waals surface area contributed by atoms with E-state index in [2.05, 4.69) is 16.0 Å². The van der Waals surface area contributed by atoms with Crippen LogP contribution in [0.3, 0.4) is 0 Å². The summed E-state index contributed by atoms with van der Waals surface area (Å²) in [7, 11) is 1.38. The maximum atomic E-state index is 12.8. The van der Waals surface area contributed by atoms with Crippen molar-refractivity contribution in [2.45, 2.75) is 31.4 Å². The quantitative estimate of drug-likeness (QED) is 0.314. The van der Waals surface area contributed by atoms with Crippen LogP contribution in [-0.4, -0.2) is 62.5 Å². The van der Waals surface area contributed by atoms with E-state index in [1.54, 1.807) is 18.2 Å². The molecule has 0 bridgehead atoms. The minimum Gasteiger partial charge on any atom is -0.376 e. The summed E-state index contributed by atoms with van der Waals surface area (Å²) in [6, 6.07) is 4.38. The Labute approximate surface area is 167 Å². The second kappa shape index (κ2) is 10.2. The highest BCUT2D eigenvalue weighted by Gasteiger charge is 2.28. The largest absolute Gasteiger partial charge is 0.405 e. The number of rotatable bonds is 7. The fourth-order valence-electron chi connectivity index (χ4n) is 3.30. The van der Waals surface area contributed by atoms with Crippen molar-refractivity contribution in [3.8, 4) is 0 Å². The zero-order valence-electron chi connectivity index (χ0n) is 16.2. The SMILES string of the molecule is CNC(=O)N(CCC=O)C(=N)c1ccc(C2CCNCC2)cc1NCC(F)(F)F. The third kappa shape index (κ3) is 6.45. The van der Waals surface area contributed by atoms with E-state index in [4.69, 9.17) is 5.41 Å². The molecule has 4 N–H and O–H groups in total. The first-order valence-electron chi connectivity index (χ1n) is 9.44. The summed E-state index contributed by atoms with van der Waals surface area (Å²) >= 11 is 0.